The average Bonchev–Trinajstić information content (AvgIpc) is 3.14. The molecule has 5 nitrogen and oxygen atoms in total. The molecule has 0 unspecified atom stereocenters. The summed E-state index contributed by atoms with van der Waals surface area (Å²) in [6.45, 7) is 4.06. The second-order valence-electron chi connectivity index (χ2n) is 7.36. The van der Waals surface area contributed by atoms with Gasteiger partial charge in [-0.05, 0) is 43.3 Å². The number of halogens is 4. The Morgan fingerprint density at radius 3 is 2.35 bits per heavy atom. The third kappa shape index (κ3) is 4.39. The molecule has 2 heterocycles. The lowest BCUT2D eigenvalue weighted by Gasteiger charge is -2.36. The first-order chi connectivity index (χ1) is 14.7. The fourth-order valence-electron chi connectivity index (χ4n) is 3.70. The molecule has 0 aliphatic carbocycles. The molecule has 162 valence electrons. The number of amides is 1. The zero-order chi connectivity index (χ0) is 22.2. The summed E-state index contributed by atoms with van der Waals surface area (Å²) in [6.07, 6.45) is -3.03. The van der Waals surface area contributed by atoms with Gasteiger partial charge in [-0.1, -0.05) is 23.7 Å². The SMILES string of the molecule is Cc1c(C(=O)N2CCN(c3cccc(Cl)c3)CC2)cnn1-c1cccc(C(F)(F)F)c1. The van der Waals surface area contributed by atoms with Gasteiger partial charge in [0.15, 0.2) is 0 Å². The summed E-state index contributed by atoms with van der Waals surface area (Å²) in [5.41, 5.74) is 1.39. The van der Waals surface area contributed by atoms with Crippen LogP contribution in [-0.4, -0.2) is 46.8 Å². The number of anilines is 1. The van der Waals surface area contributed by atoms with E-state index in [1.807, 2.05) is 24.3 Å². The van der Waals surface area contributed by atoms with Gasteiger partial charge in [0.05, 0.1) is 28.7 Å². The molecule has 2 aromatic carbocycles. The zero-order valence-corrected chi connectivity index (χ0v) is 17.5. The molecule has 1 aliphatic heterocycles. The Hall–Kier alpha value is -3.00. The second-order valence-corrected chi connectivity index (χ2v) is 7.80. The van der Waals surface area contributed by atoms with E-state index in [-0.39, 0.29) is 11.6 Å². The van der Waals surface area contributed by atoms with Crippen LogP contribution >= 0.6 is 11.6 Å². The smallest absolute Gasteiger partial charge is 0.368 e. The van der Waals surface area contributed by atoms with Gasteiger partial charge in [0.25, 0.3) is 5.91 Å². The maximum Gasteiger partial charge on any atom is 0.416 e. The Bertz CT molecular complexity index is 1100. The summed E-state index contributed by atoms with van der Waals surface area (Å²) in [4.78, 5) is 16.9. The van der Waals surface area contributed by atoms with Gasteiger partial charge in [-0.25, -0.2) is 4.68 Å². The Labute approximate surface area is 182 Å². The van der Waals surface area contributed by atoms with E-state index in [1.54, 1.807) is 11.8 Å². The molecule has 1 aromatic heterocycles. The number of rotatable bonds is 3. The van der Waals surface area contributed by atoms with E-state index in [1.165, 1.54) is 23.0 Å². The normalized spacial score (nSPS) is 14.7. The van der Waals surface area contributed by atoms with Crippen LogP contribution in [0.3, 0.4) is 0 Å². The number of hydrogen-bond donors (Lipinski definition) is 0. The number of piperazine rings is 1. The van der Waals surface area contributed by atoms with Crippen LogP contribution in [0.1, 0.15) is 21.6 Å². The summed E-state index contributed by atoms with van der Waals surface area (Å²) >= 11 is 6.07. The molecule has 1 aliphatic rings. The van der Waals surface area contributed by atoms with E-state index in [0.29, 0.717) is 42.5 Å². The number of carbonyl (C=O) groups is 1. The molecule has 4 rings (SSSR count). The van der Waals surface area contributed by atoms with Crippen molar-refractivity contribution in [1.82, 2.24) is 14.7 Å². The van der Waals surface area contributed by atoms with Gasteiger partial charge in [-0.2, -0.15) is 18.3 Å². The van der Waals surface area contributed by atoms with Crippen molar-refractivity contribution < 1.29 is 18.0 Å². The standard InChI is InChI=1S/C22H20ClF3N4O/c1-15-20(14-27-30(15)19-7-2-4-16(12-19)22(24,25)26)21(31)29-10-8-28(9-11-29)18-6-3-5-17(23)13-18/h2-7,12-14H,8-11H2,1H3. The van der Waals surface area contributed by atoms with E-state index >= 15 is 0 Å². The van der Waals surface area contributed by atoms with Crippen LogP contribution < -0.4 is 4.90 Å². The van der Waals surface area contributed by atoms with Crippen molar-refractivity contribution in [2.75, 3.05) is 31.1 Å². The third-order valence-corrected chi connectivity index (χ3v) is 5.63. The molecule has 0 radical (unpaired) electrons. The highest BCUT2D eigenvalue weighted by molar-refractivity contribution is 6.30. The Morgan fingerprint density at radius 1 is 1.00 bits per heavy atom. The van der Waals surface area contributed by atoms with Crippen molar-refractivity contribution in [3.63, 3.8) is 0 Å². The maximum absolute atomic E-state index is 13.0. The van der Waals surface area contributed by atoms with Gasteiger partial charge >= 0.3 is 6.18 Å². The quantitative estimate of drug-likeness (QED) is 0.577. The van der Waals surface area contributed by atoms with Gasteiger partial charge < -0.3 is 9.80 Å². The number of benzene rings is 2. The fraction of sp³-hybridized carbons (Fsp3) is 0.273. The van der Waals surface area contributed by atoms with Gasteiger partial charge in [0, 0.05) is 36.9 Å². The minimum absolute atomic E-state index is 0.179. The summed E-state index contributed by atoms with van der Waals surface area (Å²) in [5, 5.41) is 4.83. The van der Waals surface area contributed by atoms with E-state index < -0.39 is 11.7 Å². The highest BCUT2D eigenvalue weighted by Gasteiger charge is 2.31. The maximum atomic E-state index is 13.0. The highest BCUT2D eigenvalue weighted by Crippen LogP contribution is 2.30. The van der Waals surface area contributed by atoms with Crippen LogP contribution in [0, 0.1) is 6.92 Å². The molecular formula is C22H20ClF3N4O. The van der Waals surface area contributed by atoms with Gasteiger partial charge in [0.1, 0.15) is 0 Å². The van der Waals surface area contributed by atoms with Crippen molar-refractivity contribution in [3.05, 3.63) is 76.6 Å². The largest absolute Gasteiger partial charge is 0.416 e. The number of carbonyl (C=O) groups excluding carboxylic acids is 1. The van der Waals surface area contributed by atoms with Crippen molar-refractivity contribution >= 4 is 23.2 Å². The number of alkyl halides is 3. The van der Waals surface area contributed by atoms with E-state index in [9.17, 15) is 18.0 Å². The van der Waals surface area contributed by atoms with Crippen LogP contribution in [0.15, 0.2) is 54.7 Å². The molecule has 0 spiro atoms. The minimum Gasteiger partial charge on any atom is -0.368 e. The monoisotopic (exact) mass is 448 g/mol. The van der Waals surface area contributed by atoms with Crippen LogP contribution in [0.5, 0.6) is 0 Å². The first-order valence-electron chi connectivity index (χ1n) is 9.76. The number of nitrogens with zero attached hydrogens (tertiary/aromatic N) is 4. The summed E-state index contributed by atoms with van der Waals surface area (Å²) in [7, 11) is 0. The molecule has 3 aromatic rings. The molecule has 0 atom stereocenters. The van der Waals surface area contributed by atoms with Crippen molar-refractivity contribution in [2.45, 2.75) is 13.1 Å². The van der Waals surface area contributed by atoms with Crippen molar-refractivity contribution in [3.8, 4) is 5.69 Å². The third-order valence-electron chi connectivity index (χ3n) is 5.40. The van der Waals surface area contributed by atoms with Crippen LogP contribution in [0.2, 0.25) is 5.02 Å². The lowest BCUT2D eigenvalue weighted by Crippen LogP contribution is -2.48. The molecule has 0 N–H and O–H groups in total. The minimum atomic E-state index is -4.45. The summed E-state index contributed by atoms with van der Waals surface area (Å²) < 4.78 is 40.5. The van der Waals surface area contributed by atoms with Gasteiger partial charge in [-0.15, -0.1) is 0 Å². The second kappa shape index (κ2) is 8.26. The Kier molecular flexibility index (Phi) is 5.66. The topological polar surface area (TPSA) is 41.4 Å². The van der Waals surface area contributed by atoms with E-state index in [4.69, 9.17) is 11.6 Å². The Morgan fingerprint density at radius 2 is 1.68 bits per heavy atom. The Balaban J connectivity index is 1.49. The molecular weight excluding hydrogens is 429 g/mol. The fourth-order valence-corrected chi connectivity index (χ4v) is 3.89. The molecule has 1 saturated heterocycles. The van der Waals surface area contributed by atoms with Crippen LogP contribution in [0.4, 0.5) is 18.9 Å². The van der Waals surface area contributed by atoms with E-state index in [0.717, 1.165) is 17.8 Å². The van der Waals surface area contributed by atoms with Crippen LogP contribution in [-0.2, 0) is 6.18 Å². The first-order valence-corrected chi connectivity index (χ1v) is 10.1. The molecule has 9 heteroatoms. The number of aromatic nitrogens is 2. The molecule has 31 heavy (non-hydrogen) atoms. The highest BCUT2D eigenvalue weighted by atomic mass is 35.5. The predicted octanol–water partition coefficient (Wildman–Crippen LogP) is 4.82. The van der Waals surface area contributed by atoms with Gasteiger partial charge in [-0.3, -0.25) is 4.79 Å². The molecule has 0 saturated carbocycles. The lowest BCUT2D eigenvalue weighted by molar-refractivity contribution is -0.137. The first kappa shape index (κ1) is 21.2. The van der Waals surface area contributed by atoms with Gasteiger partial charge in [0.2, 0.25) is 0 Å². The summed E-state index contributed by atoms with van der Waals surface area (Å²) in [6, 6.07) is 12.5. The van der Waals surface area contributed by atoms with Crippen molar-refractivity contribution in [2.24, 2.45) is 0 Å². The molecule has 1 amide bonds. The lowest BCUT2D eigenvalue weighted by atomic mass is 10.1. The van der Waals surface area contributed by atoms with Crippen LogP contribution in [0.25, 0.3) is 5.69 Å². The average molecular weight is 449 g/mol. The number of hydrogen-bond acceptors (Lipinski definition) is 3. The predicted molar refractivity (Wildman–Crippen MR) is 113 cm³/mol. The van der Waals surface area contributed by atoms with E-state index in [2.05, 4.69) is 10.00 Å². The molecule has 0 bridgehead atoms. The van der Waals surface area contributed by atoms with Crippen molar-refractivity contribution in [1.29, 1.82) is 0 Å². The molecule has 1 fully saturated rings. The summed E-state index contributed by atoms with van der Waals surface area (Å²) in [5.74, 6) is -0.179. The zero-order valence-electron chi connectivity index (χ0n) is 16.7.